The number of rotatable bonds is 8. The molecule has 0 saturated carbocycles. The van der Waals surface area contributed by atoms with Crippen molar-refractivity contribution >= 4 is 23.3 Å². The van der Waals surface area contributed by atoms with E-state index in [4.69, 9.17) is 4.74 Å². The molecule has 25 heavy (non-hydrogen) atoms. The molecule has 0 aliphatic heterocycles. The molecule has 0 unspecified atom stereocenters. The highest BCUT2D eigenvalue weighted by Gasteiger charge is 2.07. The van der Waals surface area contributed by atoms with Gasteiger partial charge in [-0.3, -0.25) is 4.79 Å². The number of amides is 1. The van der Waals surface area contributed by atoms with Gasteiger partial charge in [-0.2, -0.15) is 0 Å². The van der Waals surface area contributed by atoms with Crippen molar-refractivity contribution in [2.24, 2.45) is 0 Å². The van der Waals surface area contributed by atoms with Crippen LogP contribution in [0.5, 0.6) is 5.75 Å². The number of methoxy groups -OCH3 is 1. The van der Waals surface area contributed by atoms with Crippen LogP contribution in [-0.4, -0.2) is 32.1 Å². The molecule has 0 saturated heterocycles. The zero-order chi connectivity index (χ0) is 18.1. The number of para-hydroxylation sites is 2. The van der Waals surface area contributed by atoms with Crippen molar-refractivity contribution in [2.45, 2.75) is 13.3 Å². The Morgan fingerprint density at radius 2 is 1.76 bits per heavy atom. The molecular formula is C19H22N2O4. The molecule has 0 spiro atoms. The molecule has 2 rings (SSSR count). The van der Waals surface area contributed by atoms with E-state index in [-0.39, 0.29) is 5.91 Å². The van der Waals surface area contributed by atoms with Crippen molar-refractivity contribution in [3.05, 3.63) is 54.1 Å². The van der Waals surface area contributed by atoms with E-state index in [2.05, 4.69) is 15.4 Å². The standard InChI is InChI=1S/C19H22N2O4/c1-3-25-17-7-5-4-6-16(17)20-13-12-18(22)21-15-10-8-14(9-11-15)19(23)24-2/h4-11,20H,3,12-13H2,1-2H3,(H,21,22). The van der Waals surface area contributed by atoms with Gasteiger partial charge in [0.25, 0.3) is 0 Å². The maximum atomic E-state index is 12.0. The topological polar surface area (TPSA) is 76.7 Å². The number of benzene rings is 2. The van der Waals surface area contributed by atoms with Crippen molar-refractivity contribution in [2.75, 3.05) is 30.9 Å². The van der Waals surface area contributed by atoms with Crippen LogP contribution in [0.1, 0.15) is 23.7 Å². The van der Waals surface area contributed by atoms with Gasteiger partial charge < -0.3 is 20.1 Å². The van der Waals surface area contributed by atoms with Crippen molar-refractivity contribution in [1.29, 1.82) is 0 Å². The first-order chi connectivity index (χ1) is 12.1. The number of anilines is 2. The summed E-state index contributed by atoms with van der Waals surface area (Å²) in [6, 6.07) is 14.2. The van der Waals surface area contributed by atoms with Gasteiger partial charge in [-0.15, -0.1) is 0 Å². The largest absolute Gasteiger partial charge is 0.492 e. The molecule has 2 N–H and O–H groups in total. The molecule has 1 amide bonds. The maximum Gasteiger partial charge on any atom is 0.337 e. The van der Waals surface area contributed by atoms with Crippen LogP contribution in [-0.2, 0) is 9.53 Å². The molecule has 0 fully saturated rings. The van der Waals surface area contributed by atoms with E-state index in [0.29, 0.717) is 30.8 Å². The predicted molar refractivity (Wildman–Crippen MR) is 97.1 cm³/mol. The van der Waals surface area contributed by atoms with Gasteiger partial charge in [0.15, 0.2) is 0 Å². The first-order valence-electron chi connectivity index (χ1n) is 8.08. The molecule has 0 radical (unpaired) electrons. The molecule has 0 aliphatic rings. The Balaban J connectivity index is 1.82. The van der Waals surface area contributed by atoms with Crippen molar-refractivity contribution < 1.29 is 19.1 Å². The van der Waals surface area contributed by atoms with Crippen LogP contribution >= 0.6 is 0 Å². The van der Waals surface area contributed by atoms with Crippen molar-refractivity contribution in [3.63, 3.8) is 0 Å². The van der Waals surface area contributed by atoms with Gasteiger partial charge in [0, 0.05) is 18.7 Å². The normalized spacial score (nSPS) is 10.0. The molecule has 6 nitrogen and oxygen atoms in total. The first-order valence-corrected chi connectivity index (χ1v) is 8.08. The second-order valence-corrected chi connectivity index (χ2v) is 5.22. The summed E-state index contributed by atoms with van der Waals surface area (Å²) < 4.78 is 10.2. The quantitative estimate of drug-likeness (QED) is 0.720. The van der Waals surface area contributed by atoms with Gasteiger partial charge >= 0.3 is 5.97 Å². The lowest BCUT2D eigenvalue weighted by molar-refractivity contribution is -0.115. The minimum atomic E-state index is -0.407. The Morgan fingerprint density at radius 1 is 1.04 bits per heavy atom. The Hall–Kier alpha value is -3.02. The highest BCUT2D eigenvalue weighted by Crippen LogP contribution is 2.23. The molecule has 2 aromatic carbocycles. The summed E-state index contributed by atoms with van der Waals surface area (Å²) in [6.07, 6.45) is 0.305. The number of esters is 1. The molecule has 0 bridgehead atoms. The zero-order valence-electron chi connectivity index (χ0n) is 14.4. The number of carbonyl (C=O) groups is 2. The summed E-state index contributed by atoms with van der Waals surface area (Å²) in [5.74, 6) is 0.242. The summed E-state index contributed by atoms with van der Waals surface area (Å²) in [6.45, 7) is 2.99. The van der Waals surface area contributed by atoms with Crippen LogP contribution < -0.4 is 15.4 Å². The Kier molecular flexibility index (Phi) is 6.83. The van der Waals surface area contributed by atoms with Crippen LogP contribution in [0.4, 0.5) is 11.4 Å². The molecular weight excluding hydrogens is 320 g/mol. The van der Waals surface area contributed by atoms with E-state index in [0.717, 1.165) is 11.4 Å². The van der Waals surface area contributed by atoms with E-state index < -0.39 is 5.97 Å². The highest BCUT2D eigenvalue weighted by atomic mass is 16.5. The highest BCUT2D eigenvalue weighted by molar-refractivity contribution is 5.93. The lowest BCUT2D eigenvalue weighted by atomic mass is 10.2. The summed E-state index contributed by atoms with van der Waals surface area (Å²) in [5, 5.41) is 5.99. The van der Waals surface area contributed by atoms with Gasteiger partial charge in [0.1, 0.15) is 5.75 Å². The van der Waals surface area contributed by atoms with Gasteiger partial charge in [0.2, 0.25) is 5.91 Å². The number of nitrogens with one attached hydrogen (secondary N) is 2. The third-order valence-electron chi connectivity index (χ3n) is 3.44. The third-order valence-corrected chi connectivity index (χ3v) is 3.44. The van der Waals surface area contributed by atoms with E-state index in [1.807, 2.05) is 31.2 Å². The number of hydrogen-bond acceptors (Lipinski definition) is 5. The van der Waals surface area contributed by atoms with Crippen LogP contribution in [0.2, 0.25) is 0 Å². The van der Waals surface area contributed by atoms with Crippen LogP contribution in [0, 0.1) is 0 Å². The predicted octanol–water partition coefficient (Wildman–Crippen LogP) is 3.31. The molecule has 0 aliphatic carbocycles. The Morgan fingerprint density at radius 3 is 2.44 bits per heavy atom. The van der Waals surface area contributed by atoms with Crippen molar-refractivity contribution in [3.8, 4) is 5.75 Å². The average Bonchev–Trinajstić information content (AvgIpc) is 2.63. The number of hydrogen-bond donors (Lipinski definition) is 2. The van der Waals surface area contributed by atoms with Crippen LogP contribution in [0.3, 0.4) is 0 Å². The minimum Gasteiger partial charge on any atom is -0.492 e. The van der Waals surface area contributed by atoms with E-state index in [1.54, 1.807) is 24.3 Å². The first kappa shape index (κ1) is 18.3. The monoisotopic (exact) mass is 342 g/mol. The average molecular weight is 342 g/mol. The van der Waals surface area contributed by atoms with Gasteiger partial charge in [-0.1, -0.05) is 12.1 Å². The van der Waals surface area contributed by atoms with Crippen molar-refractivity contribution in [1.82, 2.24) is 0 Å². The van der Waals surface area contributed by atoms with Gasteiger partial charge in [-0.05, 0) is 43.3 Å². The second kappa shape index (κ2) is 9.32. The SMILES string of the molecule is CCOc1ccccc1NCCC(=O)Nc1ccc(C(=O)OC)cc1. The summed E-state index contributed by atoms with van der Waals surface area (Å²) >= 11 is 0. The second-order valence-electron chi connectivity index (χ2n) is 5.22. The molecule has 132 valence electrons. The van der Waals surface area contributed by atoms with E-state index in [9.17, 15) is 9.59 Å². The van der Waals surface area contributed by atoms with Crippen LogP contribution in [0.25, 0.3) is 0 Å². The summed E-state index contributed by atoms with van der Waals surface area (Å²) in [5.41, 5.74) is 1.93. The molecule has 6 heteroatoms. The zero-order valence-corrected chi connectivity index (χ0v) is 14.4. The van der Waals surface area contributed by atoms with E-state index >= 15 is 0 Å². The molecule has 0 heterocycles. The lowest BCUT2D eigenvalue weighted by Gasteiger charge is -2.12. The number of carbonyl (C=O) groups excluding carboxylic acids is 2. The lowest BCUT2D eigenvalue weighted by Crippen LogP contribution is -2.16. The van der Waals surface area contributed by atoms with E-state index in [1.165, 1.54) is 7.11 Å². The summed E-state index contributed by atoms with van der Waals surface area (Å²) in [4.78, 5) is 23.4. The molecule has 0 atom stereocenters. The Bertz CT molecular complexity index is 714. The van der Waals surface area contributed by atoms with Gasteiger partial charge in [-0.25, -0.2) is 4.79 Å². The molecule has 0 aromatic heterocycles. The summed E-state index contributed by atoms with van der Waals surface area (Å²) in [7, 11) is 1.33. The maximum absolute atomic E-state index is 12.0. The third kappa shape index (κ3) is 5.53. The smallest absolute Gasteiger partial charge is 0.337 e. The molecule has 2 aromatic rings. The number of ether oxygens (including phenoxy) is 2. The fourth-order valence-corrected chi connectivity index (χ4v) is 2.24. The fourth-order valence-electron chi connectivity index (χ4n) is 2.24. The van der Waals surface area contributed by atoms with Crippen LogP contribution in [0.15, 0.2) is 48.5 Å². The minimum absolute atomic E-state index is 0.118. The van der Waals surface area contributed by atoms with Gasteiger partial charge in [0.05, 0.1) is 25.0 Å². The fraction of sp³-hybridized carbons (Fsp3) is 0.263. The Labute approximate surface area is 147 Å².